The van der Waals surface area contributed by atoms with Crippen LogP contribution in [0, 0.1) is 6.92 Å². The lowest BCUT2D eigenvalue weighted by Gasteiger charge is -2.02. The molecule has 0 bridgehead atoms. The molecule has 0 aliphatic heterocycles. The lowest BCUT2D eigenvalue weighted by molar-refractivity contribution is -0.131. The number of carboxylic acid groups (broad SMARTS) is 1. The van der Waals surface area contributed by atoms with Gasteiger partial charge in [-0.25, -0.2) is 4.79 Å². The predicted molar refractivity (Wildman–Crippen MR) is 57.2 cm³/mol. The fourth-order valence-electron chi connectivity index (χ4n) is 1.31. The van der Waals surface area contributed by atoms with E-state index in [4.69, 9.17) is 5.11 Å². The Morgan fingerprint density at radius 1 is 1.50 bits per heavy atom. The van der Waals surface area contributed by atoms with E-state index >= 15 is 0 Å². The molecule has 0 aliphatic carbocycles. The summed E-state index contributed by atoms with van der Waals surface area (Å²) in [6, 6.07) is 6.06. The minimum Gasteiger partial charge on any atom is -0.478 e. The quantitative estimate of drug-likeness (QED) is 0.744. The van der Waals surface area contributed by atoms with Gasteiger partial charge in [0.2, 0.25) is 0 Å². The Morgan fingerprint density at radius 2 is 2.21 bits per heavy atom. The molecule has 0 atom stereocenters. The van der Waals surface area contributed by atoms with Crippen molar-refractivity contribution in [2.24, 2.45) is 0 Å². The second-order valence-electron chi connectivity index (χ2n) is 3.22. The molecule has 1 aromatic rings. The van der Waals surface area contributed by atoms with E-state index in [2.05, 4.69) is 13.0 Å². The molecule has 1 rings (SSSR count). The number of carboxylic acids is 1. The third-order valence-corrected chi connectivity index (χ3v) is 2.15. The Morgan fingerprint density at radius 3 is 2.71 bits per heavy atom. The van der Waals surface area contributed by atoms with Crippen LogP contribution in [0.3, 0.4) is 0 Å². The molecule has 0 spiro atoms. The molecule has 0 aromatic heterocycles. The monoisotopic (exact) mass is 190 g/mol. The zero-order valence-corrected chi connectivity index (χ0v) is 8.45. The molecule has 1 aromatic carbocycles. The molecule has 0 fully saturated rings. The van der Waals surface area contributed by atoms with Crippen LogP contribution in [0.25, 0.3) is 6.08 Å². The fourth-order valence-corrected chi connectivity index (χ4v) is 1.31. The predicted octanol–water partition coefficient (Wildman–Crippen LogP) is 2.66. The summed E-state index contributed by atoms with van der Waals surface area (Å²) in [7, 11) is 0. The van der Waals surface area contributed by atoms with E-state index in [0.717, 1.165) is 23.6 Å². The second-order valence-corrected chi connectivity index (χ2v) is 3.22. The summed E-state index contributed by atoms with van der Waals surface area (Å²) < 4.78 is 0. The van der Waals surface area contributed by atoms with Crippen LogP contribution in [0.2, 0.25) is 0 Å². The zero-order chi connectivity index (χ0) is 10.6. The van der Waals surface area contributed by atoms with Crippen LogP contribution in [-0.2, 0) is 11.2 Å². The smallest absolute Gasteiger partial charge is 0.328 e. The fraction of sp³-hybridized carbons (Fsp3) is 0.250. The van der Waals surface area contributed by atoms with Gasteiger partial charge in [0.25, 0.3) is 0 Å². The molecule has 2 heteroatoms. The van der Waals surface area contributed by atoms with Gasteiger partial charge in [0.05, 0.1) is 0 Å². The first-order chi connectivity index (χ1) is 6.63. The minimum absolute atomic E-state index is 0.913. The van der Waals surface area contributed by atoms with E-state index in [1.54, 1.807) is 6.08 Å². The summed E-state index contributed by atoms with van der Waals surface area (Å²) in [4.78, 5) is 10.3. The maximum Gasteiger partial charge on any atom is 0.328 e. The van der Waals surface area contributed by atoms with Crippen LogP contribution in [0.15, 0.2) is 24.3 Å². The van der Waals surface area contributed by atoms with Crippen molar-refractivity contribution >= 4 is 12.0 Å². The van der Waals surface area contributed by atoms with Gasteiger partial charge in [0, 0.05) is 6.08 Å². The van der Waals surface area contributed by atoms with E-state index in [1.165, 1.54) is 5.56 Å². The van der Waals surface area contributed by atoms with Crippen molar-refractivity contribution in [3.8, 4) is 0 Å². The third-order valence-electron chi connectivity index (χ3n) is 2.15. The largest absolute Gasteiger partial charge is 0.478 e. The van der Waals surface area contributed by atoms with Gasteiger partial charge in [-0.2, -0.15) is 0 Å². The van der Waals surface area contributed by atoms with Gasteiger partial charge in [0.15, 0.2) is 0 Å². The van der Waals surface area contributed by atoms with Gasteiger partial charge in [-0.3, -0.25) is 0 Å². The van der Waals surface area contributed by atoms with E-state index in [0.29, 0.717) is 0 Å². The molecule has 0 saturated carbocycles. The van der Waals surface area contributed by atoms with E-state index in [-0.39, 0.29) is 0 Å². The molecule has 0 heterocycles. The first-order valence-corrected chi connectivity index (χ1v) is 4.64. The molecular formula is C12H14O2. The highest BCUT2D eigenvalue weighted by Gasteiger charge is 1.96. The molecule has 1 N–H and O–H groups in total. The third kappa shape index (κ3) is 2.73. The lowest BCUT2D eigenvalue weighted by atomic mass is 10.0. The minimum atomic E-state index is -0.913. The van der Waals surface area contributed by atoms with Crippen molar-refractivity contribution < 1.29 is 9.90 Å². The van der Waals surface area contributed by atoms with Crippen LogP contribution in [0.4, 0.5) is 0 Å². The van der Waals surface area contributed by atoms with Crippen molar-refractivity contribution in [2.75, 3.05) is 0 Å². The van der Waals surface area contributed by atoms with Crippen molar-refractivity contribution in [1.82, 2.24) is 0 Å². The number of aryl methyl sites for hydroxylation is 2. The highest BCUT2D eigenvalue weighted by molar-refractivity contribution is 5.85. The topological polar surface area (TPSA) is 37.3 Å². The number of hydrogen-bond donors (Lipinski definition) is 1. The summed E-state index contributed by atoms with van der Waals surface area (Å²) in [5, 5.41) is 8.48. The molecule has 0 aliphatic rings. The number of carbonyl (C=O) groups is 1. The van der Waals surface area contributed by atoms with Crippen LogP contribution in [0.1, 0.15) is 23.6 Å². The number of benzene rings is 1. The normalized spacial score (nSPS) is 10.7. The Bertz CT molecular complexity index is 365. The van der Waals surface area contributed by atoms with Crippen LogP contribution >= 0.6 is 0 Å². The Hall–Kier alpha value is -1.57. The van der Waals surface area contributed by atoms with Gasteiger partial charge in [0.1, 0.15) is 0 Å². The second kappa shape index (κ2) is 4.61. The Balaban J connectivity index is 2.94. The van der Waals surface area contributed by atoms with Crippen molar-refractivity contribution in [2.45, 2.75) is 20.3 Å². The molecule has 0 radical (unpaired) electrons. The number of rotatable bonds is 3. The molecule has 74 valence electrons. The SMILES string of the molecule is CCc1ccc(C=CC(=O)O)c(C)c1. The number of hydrogen-bond acceptors (Lipinski definition) is 1. The van der Waals surface area contributed by atoms with Gasteiger partial charge >= 0.3 is 5.97 Å². The van der Waals surface area contributed by atoms with Crippen LogP contribution in [-0.4, -0.2) is 11.1 Å². The van der Waals surface area contributed by atoms with Crippen molar-refractivity contribution in [3.63, 3.8) is 0 Å². The summed E-state index contributed by atoms with van der Waals surface area (Å²) in [5.74, 6) is -0.913. The lowest BCUT2D eigenvalue weighted by Crippen LogP contribution is -1.88. The Kier molecular flexibility index (Phi) is 3.46. The van der Waals surface area contributed by atoms with Crippen LogP contribution < -0.4 is 0 Å². The zero-order valence-electron chi connectivity index (χ0n) is 8.45. The molecular weight excluding hydrogens is 176 g/mol. The van der Waals surface area contributed by atoms with Crippen molar-refractivity contribution in [3.05, 3.63) is 41.0 Å². The van der Waals surface area contributed by atoms with E-state index in [1.807, 2.05) is 19.1 Å². The highest BCUT2D eigenvalue weighted by Crippen LogP contribution is 2.13. The summed E-state index contributed by atoms with van der Waals surface area (Å²) >= 11 is 0. The highest BCUT2D eigenvalue weighted by atomic mass is 16.4. The summed E-state index contributed by atoms with van der Waals surface area (Å²) in [6.45, 7) is 4.09. The van der Waals surface area contributed by atoms with Crippen molar-refractivity contribution in [1.29, 1.82) is 0 Å². The van der Waals surface area contributed by atoms with Gasteiger partial charge in [-0.15, -0.1) is 0 Å². The van der Waals surface area contributed by atoms with E-state index < -0.39 is 5.97 Å². The molecule has 2 nitrogen and oxygen atoms in total. The molecule has 0 saturated heterocycles. The van der Waals surface area contributed by atoms with Crippen LogP contribution in [0.5, 0.6) is 0 Å². The standard InChI is InChI=1S/C12H14O2/c1-3-10-4-5-11(9(2)8-10)6-7-12(13)14/h4-8H,3H2,1-2H3,(H,13,14). The first kappa shape index (κ1) is 10.5. The molecule has 0 amide bonds. The Labute approximate surface area is 83.9 Å². The summed E-state index contributed by atoms with van der Waals surface area (Å²) in [5.41, 5.74) is 3.35. The average molecular weight is 190 g/mol. The maximum absolute atomic E-state index is 10.3. The van der Waals surface area contributed by atoms with Gasteiger partial charge < -0.3 is 5.11 Å². The number of aliphatic carboxylic acids is 1. The average Bonchev–Trinajstić information content (AvgIpc) is 2.15. The van der Waals surface area contributed by atoms with Gasteiger partial charge in [-0.1, -0.05) is 25.1 Å². The molecule has 0 unspecified atom stereocenters. The maximum atomic E-state index is 10.3. The van der Waals surface area contributed by atoms with Gasteiger partial charge in [-0.05, 0) is 36.1 Å². The summed E-state index contributed by atoms with van der Waals surface area (Å²) in [6.07, 6.45) is 3.79. The van der Waals surface area contributed by atoms with E-state index in [9.17, 15) is 4.79 Å². The molecule has 14 heavy (non-hydrogen) atoms. The first-order valence-electron chi connectivity index (χ1n) is 4.64.